The zero-order valence-electron chi connectivity index (χ0n) is 17.0. The third-order valence-corrected chi connectivity index (χ3v) is 4.32. The van der Waals surface area contributed by atoms with E-state index in [9.17, 15) is 29.9 Å². The molecule has 0 heterocycles. The molecule has 0 unspecified atom stereocenters. The minimum Gasteiger partial charge on any atom is -0.504 e. The molecule has 0 saturated carbocycles. The molecule has 3 rings (SSSR count). The Hall–Kier alpha value is -4.99. The van der Waals surface area contributed by atoms with E-state index in [2.05, 4.69) is 15.8 Å². The summed E-state index contributed by atoms with van der Waals surface area (Å²) in [7, 11) is 0. The number of hydrogen-bond donors (Lipinski definition) is 4. The first-order valence-corrected chi connectivity index (χ1v) is 9.51. The van der Waals surface area contributed by atoms with E-state index in [0.717, 1.165) is 0 Å². The molecule has 4 N–H and O–H groups in total. The Morgan fingerprint density at radius 1 is 0.909 bits per heavy atom. The SMILES string of the molecule is O=C(N/N=C/c1ccc(O)c(O)c1)/C(=C/c1ccc([N+](=O)[O-])cc1)NC(=O)c1ccccc1. The second kappa shape index (κ2) is 10.4. The van der Waals surface area contributed by atoms with Crippen LogP contribution >= 0.6 is 0 Å². The summed E-state index contributed by atoms with van der Waals surface area (Å²) in [6.45, 7) is 0. The molecule has 166 valence electrons. The molecular formula is C23H18N4O6. The number of nitro benzene ring substituents is 1. The summed E-state index contributed by atoms with van der Waals surface area (Å²) in [6.07, 6.45) is 2.58. The van der Waals surface area contributed by atoms with Crippen molar-refractivity contribution in [2.45, 2.75) is 0 Å². The number of nitrogens with zero attached hydrogens (tertiary/aromatic N) is 2. The van der Waals surface area contributed by atoms with Gasteiger partial charge in [-0.2, -0.15) is 5.10 Å². The summed E-state index contributed by atoms with van der Waals surface area (Å²) in [5.74, 6) is -1.93. The first-order valence-electron chi connectivity index (χ1n) is 9.51. The lowest BCUT2D eigenvalue weighted by Crippen LogP contribution is -2.32. The van der Waals surface area contributed by atoms with E-state index < -0.39 is 16.7 Å². The number of hydrogen-bond acceptors (Lipinski definition) is 7. The van der Waals surface area contributed by atoms with Gasteiger partial charge in [-0.3, -0.25) is 19.7 Å². The van der Waals surface area contributed by atoms with Crippen LogP contribution in [0.2, 0.25) is 0 Å². The molecule has 0 aliphatic rings. The number of carbonyl (C=O) groups excluding carboxylic acids is 2. The Morgan fingerprint density at radius 2 is 1.58 bits per heavy atom. The third kappa shape index (κ3) is 6.25. The molecule has 0 aromatic heterocycles. The summed E-state index contributed by atoms with van der Waals surface area (Å²) in [5, 5.41) is 36.0. The van der Waals surface area contributed by atoms with Crippen LogP contribution in [-0.4, -0.2) is 33.2 Å². The number of phenolic OH excluding ortho intramolecular Hbond substituents is 2. The Labute approximate surface area is 187 Å². The van der Waals surface area contributed by atoms with Crippen molar-refractivity contribution in [3.8, 4) is 11.5 Å². The van der Waals surface area contributed by atoms with Crippen LogP contribution in [0.5, 0.6) is 11.5 Å². The maximum absolute atomic E-state index is 12.7. The highest BCUT2D eigenvalue weighted by molar-refractivity contribution is 6.05. The van der Waals surface area contributed by atoms with Crippen LogP contribution in [0.1, 0.15) is 21.5 Å². The van der Waals surface area contributed by atoms with Gasteiger partial charge in [0.05, 0.1) is 11.1 Å². The molecule has 10 heteroatoms. The summed E-state index contributed by atoms with van der Waals surface area (Å²) >= 11 is 0. The van der Waals surface area contributed by atoms with Gasteiger partial charge in [0.15, 0.2) is 11.5 Å². The third-order valence-electron chi connectivity index (χ3n) is 4.32. The van der Waals surface area contributed by atoms with Crippen molar-refractivity contribution in [3.63, 3.8) is 0 Å². The molecule has 0 spiro atoms. The second-order valence-corrected chi connectivity index (χ2v) is 6.67. The smallest absolute Gasteiger partial charge is 0.287 e. The Kier molecular flexibility index (Phi) is 7.12. The molecule has 0 fully saturated rings. The monoisotopic (exact) mass is 446 g/mol. The van der Waals surface area contributed by atoms with E-state index in [0.29, 0.717) is 16.7 Å². The minimum atomic E-state index is -0.753. The minimum absolute atomic E-state index is 0.117. The lowest BCUT2D eigenvalue weighted by molar-refractivity contribution is -0.384. The van der Waals surface area contributed by atoms with E-state index in [1.165, 1.54) is 54.8 Å². The number of nitro groups is 1. The lowest BCUT2D eigenvalue weighted by atomic mass is 10.1. The molecule has 0 aliphatic carbocycles. The Balaban J connectivity index is 1.82. The molecule has 0 saturated heterocycles. The molecule has 0 bridgehead atoms. The van der Waals surface area contributed by atoms with Crippen LogP contribution in [-0.2, 0) is 4.79 Å². The number of phenols is 2. The fourth-order valence-electron chi connectivity index (χ4n) is 2.65. The van der Waals surface area contributed by atoms with Gasteiger partial charge in [0.2, 0.25) is 0 Å². The zero-order valence-corrected chi connectivity index (χ0v) is 17.0. The summed E-state index contributed by atoms with van der Waals surface area (Å²) in [5.41, 5.74) is 3.16. The van der Waals surface area contributed by atoms with Gasteiger partial charge in [-0.05, 0) is 59.7 Å². The fraction of sp³-hybridized carbons (Fsp3) is 0. The first-order chi connectivity index (χ1) is 15.8. The van der Waals surface area contributed by atoms with E-state index in [4.69, 9.17) is 0 Å². The first kappa shape index (κ1) is 22.7. The Bertz CT molecular complexity index is 1240. The van der Waals surface area contributed by atoms with Gasteiger partial charge >= 0.3 is 0 Å². The summed E-state index contributed by atoms with van der Waals surface area (Å²) < 4.78 is 0. The van der Waals surface area contributed by atoms with Gasteiger partial charge in [0, 0.05) is 17.7 Å². The largest absolute Gasteiger partial charge is 0.504 e. The van der Waals surface area contributed by atoms with E-state index in [-0.39, 0.29) is 22.9 Å². The number of non-ortho nitro benzene ring substituents is 1. The van der Waals surface area contributed by atoms with Crippen molar-refractivity contribution >= 4 is 29.8 Å². The van der Waals surface area contributed by atoms with Gasteiger partial charge in [-0.15, -0.1) is 0 Å². The van der Waals surface area contributed by atoms with Crippen LogP contribution in [0.4, 0.5) is 5.69 Å². The highest BCUT2D eigenvalue weighted by Crippen LogP contribution is 2.24. The number of benzene rings is 3. The van der Waals surface area contributed by atoms with E-state index in [1.807, 2.05) is 0 Å². The molecular weight excluding hydrogens is 428 g/mol. The number of aromatic hydroxyl groups is 2. The van der Waals surface area contributed by atoms with Crippen LogP contribution in [0, 0.1) is 10.1 Å². The predicted molar refractivity (Wildman–Crippen MR) is 120 cm³/mol. The number of hydrazone groups is 1. The van der Waals surface area contributed by atoms with Crippen LogP contribution in [0.3, 0.4) is 0 Å². The topological polar surface area (TPSA) is 154 Å². The van der Waals surface area contributed by atoms with Crippen molar-refractivity contribution < 1.29 is 24.7 Å². The molecule has 0 aliphatic heterocycles. The summed E-state index contributed by atoms with van der Waals surface area (Å²) in [4.78, 5) is 35.5. The van der Waals surface area contributed by atoms with Crippen molar-refractivity contribution in [2.24, 2.45) is 5.10 Å². The van der Waals surface area contributed by atoms with Crippen molar-refractivity contribution in [1.29, 1.82) is 0 Å². The maximum Gasteiger partial charge on any atom is 0.287 e. The summed E-state index contributed by atoms with van der Waals surface area (Å²) in [6, 6.07) is 17.6. The van der Waals surface area contributed by atoms with Crippen molar-refractivity contribution in [1.82, 2.24) is 10.7 Å². The highest BCUT2D eigenvalue weighted by Gasteiger charge is 2.15. The molecule has 0 radical (unpaired) electrons. The van der Waals surface area contributed by atoms with Gasteiger partial charge in [-0.1, -0.05) is 18.2 Å². The lowest BCUT2D eigenvalue weighted by Gasteiger charge is -2.09. The van der Waals surface area contributed by atoms with Crippen molar-refractivity contribution in [3.05, 3.63) is 105 Å². The number of carbonyl (C=O) groups is 2. The standard InChI is InChI=1S/C23H18N4O6/c28-20-11-8-16(13-21(20)29)14-24-26-23(31)19(25-22(30)17-4-2-1-3-5-17)12-15-6-9-18(10-7-15)27(32)33/h1-14,28-29H,(H,25,30)(H,26,31)/b19-12-,24-14+. The molecule has 33 heavy (non-hydrogen) atoms. The van der Waals surface area contributed by atoms with Crippen LogP contribution in [0.25, 0.3) is 6.08 Å². The van der Waals surface area contributed by atoms with Gasteiger partial charge in [-0.25, -0.2) is 5.43 Å². The molecule has 2 amide bonds. The maximum atomic E-state index is 12.7. The molecule has 0 atom stereocenters. The quantitative estimate of drug-likeness (QED) is 0.144. The van der Waals surface area contributed by atoms with Gasteiger partial charge < -0.3 is 15.5 Å². The van der Waals surface area contributed by atoms with E-state index in [1.54, 1.807) is 30.3 Å². The number of amides is 2. The normalized spacial score (nSPS) is 11.2. The van der Waals surface area contributed by atoms with Crippen LogP contribution < -0.4 is 10.7 Å². The van der Waals surface area contributed by atoms with Gasteiger partial charge in [0.25, 0.3) is 17.5 Å². The second-order valence-electron chi connectivity index (χ2n) is 6.67. The molecule has 10 nitrogen and oxygen atoms in total. The van der Waals surface area contributed by atoms with E-state index >= 15 is 0 Å². The number of nitrogens with one attached hydrogen (secondary N) is 2. The zero-order chi connectivity index (χ0) is 23.8. The predicted octanol–water partition coefficient (Wildman–Crippen LogP) is 2.93. The average molecular weight is 446 g/mol. The molecule has 3 aromatic carbocycles. The number of rotatable bonds is 7. The highest BCUT2D eigenvalue weighted by atomic mass is 16.6. The van der Waals surface area contributed by atoms with Crippen LogP contribution in [0.15, 0.2) is 83.6 Å². The van der Waals surface area contributed by atoms with Gasteiger partial charge in [0.1, 0.15) is 5.70 Å². The fourth-order valence-corrected chi connectivity index (χ4v) is 2.65. The Morgan fingerprint density at radius 3 is 2.21 bits per heavy atom. The average Bonchev–Trinajstić information content (AvgIpc) is 2.81. The molecule has 3 aromatic rings. The van der Waals surface area contributed by atoms with Crippen molar-refractivity contribution in [2.75, 3.05) is 0 Å².